The summed E-state index contributed by atoms with van der Waals surface area (Å²) in [7, 11) is 4.20. The molecule has 0 saturated carbocycles. The van der Waals surface area contributed by atoms with E-state index < -0.39 is 0 Å². The van der Waals surface area contributed by atoms with Crippen LogP contribution in [0, 0.1) is 11.8 Å². The highest BCUT2D eigenvalue weighted by atomic mass is 16.2. The fourth-order valence-corrected chi connectivity index (χ4v) is 3.97. The lowest BCUT2D eigenvalue weighted by molar-refractivity contribution is 0.203. The predicted octanol–water partition coefficient (Wildman–Crippen LogP) is 2.38. The maximum absolute atomic E-state index is 12.4. The van der Waals surface area contributed by atoms with Crippen molar-refractivity contribution in [1.29, 1.82) is 0 Å². The number of hydrogen-bond acceptors (Lipinski definition) is 2. The first kappa shape index (κ1) is 16.3. The van der Waals surface area contributed by atoms with Crippen LogP contribution >= 0.6 is 0 Å². The smallest absolute Gasteiger partial charge is 0.317 e. The van der Waals surface area contributed by atoms with Crippen LogP contribution in [0.2, 0.25) is 0 Å². The maximum atomic E-state index is 12.4. The first-order valence-electron chi connectivity index (χ1n) is 8.86. The van der Waals surface area contributed by atoms with Crippen LogP contribution in [0.15, 0.2) is 24.3 Å². The van der Waals surface area contributed by atoms with E-state index in [9.17, 15) is 4.79 Å². The molecule has 0 spiro atoms. The van der Waals surface area contributed by atoms with Crippen molar-refractivity contribution >= 4 is 6.03 Å². The number of fused-ring (bicyclic) bond motifs is 1. The van der Waals surface area contributed by atoms with Crippen molar-refractivity contribution < 1.29 is 4.79 Å². The van der Waals surface area contributed by atoms with Crippen molar-refractivity contribution in [3.8, 4) is 0 Å². The van der Waals surface area contributed by atoms with Crippen molar-refractivity contribution in [2.45, 2.75) is 25.7 Å². The van der Waals surface area contributed by atoms with Crippen molar-refractivity contribution in [2.75, 3.05) is 40.3 Å². The number of carbonyl (C=O) groups excluding carboxylic acids is 1. The average molecular weight is 315 g/mol. The minimum Gasteiger partial charge on any atom is -0.338 e. The number of carbonyl (C=O) groups is 1. The summed E-state index contributed by atoms with van der Waals surface area (Å²) < 4.78 is 0. The van der Waals surface area contributed by atoms with E-state index in [1.807, 2.05) is 4.90 Å². The quantitative estimate of drug-likeness (QED) is 0.926. The van der Waals surface area contributed by atoms with E-state index >= 15 is 0 Å². The number of benzene rings is 1. The largest absolute Gasteiger partial charge is 0.338 e. The molecule has 2 atom stereocenters. The molecule has 23 heavy (non-hydrogen) atoms. The van der Waals surface area contributed by atoms with E-state index in [1.54, 1.807) is 0 Å². The van der Waals surface area contributed by atoms with Crippen LogP contribution in [-0.2, 0) is 12.8 Å². The van der Waals surface area contributed by atoms with Crippen molar-refractivity contribution in [2.24, 2.45) is 11.8 Å². The topological polar surface area (TPSA) is 35.6 Å². The highest BCUT2D eigenvalue weighted by Gasteiger charge is 2.27. The number of hydrogen-bond donors (Lipinski definition) is 1. The Morgan fingerprint density at radius 3 is 2.78 bits per heavy atom. The summed E-state index contributed by atoms with van der Waals surface area (Å²) in [6.45, 7) is 3.68. The summed E-state index contributed by atoms with van der Waals surface area (Å²) in [4.78, 5) is 16.6. The van der Waals surface area contributed by atoms with Gasteiger partial charge in [-0.05, 0) is 62.7 Å². The Labute approximate surface area is 139 Å². The van der Waals surface area contributed by atoms with Crippen LogP contribution in [0.3, 0.4) is 0 Å². The van der Waals surface area contributed by atoms with Crippen LogP contribution in [0.5, 0.6) is 0 Å². The first-order valence-corrected chi connectivity index (χ1v) is 8.86. The van der Waals surface area contributed by atoms with E-state index in [-0.39, 0.29) is 6.03 Å². The van der Waals surface area contributed by atoms with Gasteiger partial charge in [-0.25, -0.2) is 4.79 Å². The number of nitrogens with one attached hydrogen (secondary N) is 1. The van der Waals surface area contributed by atoms with Gasteiger partial charge < -0.3 is 15.1 Å². The van der Waals surface area contributed by atoms with Crippen LogP contribution in [0.4, 0.5) is 4.79 Å². The molecule has 0 unspecified atom stereocenters. The monoisotopic (exact) mass is 315 g/mol. The Hall–Kier alpha value is -1.55. The second kappa shape index (κ2) is 7.35. The zero-order chi connectivity index (χ0) is 16.2. The molecule has 0 aromatic heterocycles. The number of rotatable bonds is 4. The normalized spacial score (nSPS) is 23.9. The molecule has 3 rings (SSSR count). The summed E-state index contributed by atoms with van der Waals surface area (Å²) in [5, 5.41) is 3.17. The third kappa shape index (κ3) is 4.25. The molecule has 4 nitrogen and oxygen atoms in total. The van der Waals surface area contributed by atoms with Gasteiger partial charge in [0, 0.05) is 26.2 Å². The molecule has 1 aliphatic heterocycles. The van der Waals surface area contributed by atoms with Gasteiger partial charge in [-0.15, -0.1) is 0 Å². The molecule has 1 aromatic rings. The third-order valence-electron chi connectivity index (χ3n) is 5.19. The van der Waals surface area contributed by atoms with Gasteiger partial charge in [-0.2, -0.15) is 0 Å². The van der Waals surface area contributed by atoms with Gasteiger partial charge in [0.25, 0.3) is 0 Å². The molecule has 1 heterocycles. The minimum atomic E-state index is 0.130. The maximum Gasteiger partial charge on any atom is 0.317 e. The van der Waals surface area contributed by atoms with E-state index in [0.29, 0.717) is 11.8 Å². The first-order chi connectivity index (χ1) is 11.1. The molecule has 4 heteroatoms. The highest BCUT2D eigenvalue weighted by Crippen LogP contribution is 2.25. The van der Waals surface area contributed by atoms with Crippen LogP contribution in [0.25, 0.3) is 0 Å². The van der Waals surface area contributed by atoms with Gasteiger partial charge in [0.2, 0.25) is 0 Å². The fraction of sp³-hybridized carbons (Fsp3) is 0.632. The standard InChI is InChI=1S/C19H29N3O/c1-21(2)13-16-9-10-22(14-16)19(23)20-12-15-7-8-17-5-3-4-6-18(17)11-15/h3-6,15-16H,7-14H2,1-2H3,(H,20,23)/t15-,16-/m1/s1. The molecule has 1 aromatic carbocycles. The Kier molecular flexibility index (Phi) is 5.21. The Balaban J connectivity index is 1.44. The Morgan fingerprint density at radius 2 is 2.00 bits per heavy atom. The zero-order valence-corrected chi connectivity index (χ0v) is 14.4. The Bertz CT molecular complexity index is 543. The predicted molar refractivity (Wildman–Crippen MR) is 93.6 cm³/mol. The van der Waals surface area contributed by atoms with Gasteiger partial charge >= 0.3 is 6.03 Å². The number of amides is 2. The minimum absolute atomic E-state index is 0.130. The molecule has 2 aliphatic rings. The number of urea groups is 1. The summed E-state index contributed by atoms with van der Waals surface area (Å²) in [5.74, 6) is 1.20. The second-order valence-corrected chi connectivity index (χ2v) is 7.43. The zero-order valence-electron chi connectivity index (χ0n) is 14.4. The van der Waals surface area contributed by atoms with Crippen molar-refractivity contribution in [1.82, 2.24) is 15.1 Å². The summed E-state index contributed by atoms with van der Waals surface area (Å²) in [6.07, 6.45) is 4.55. The summed E-state index contributed by atoms with van der Waals surface area (Å²) in [6, 6.07) is 8.84. The van der Waals surface area contributed by atoms with Crippen LogP contribution < -0.4 is 5.32 Å². The van der Waals surface area contributed by atoms with Crippen molar-refractivity contribution in [3.63, 3.8) is 0 Å². The van der Waals surface area contributed by atoms with E-state index in [4.69, 9.17) is 0 Å². The third-order valence-corrected chi connectivity index (χ3v) is 5.19. The molecular weight excluding hydrogens is 286 g/mol. The second-order valence-electron chi connectivity index (χ2n) is 7.43. The molecule has 0 radical (unpaired) electrons. The van der Waals surface area contributed by atoms with E-state index in [2.05, 4.69) is 48.6 Å². The summed E-state index contributed by atoms with van der Waals surface area (Å²) >= 11 is 0. The fourth-order valence-electron chi connectivity index (χ4n) is 3.97. The lowest BCUT2D eigenvalue weighted by atomic mass is 9.84. The SMILES string of the molecule is CN(C)C[C@H]1CCN(C(=O)NC[C@@H]2CCc3ccccc3C2)C1. The molecular formula is C19H29N3O. The van der Waals surface area contributed by atoms with Crippen molar-refractivity contribution in [3.05, 3.63) is 35.4 Å². The van der Waals surface area contributed by atoms with Gasteiger partial charge in [-0.3, -0.25) is 0 Å². The molecule has 1 saturated heterocycles. The van der Waals surface area contributed by atoms with E-state index in [1.165, 1.54) is 17.5 Å². The number of likely N-dealkylation sites (tertiary alicyclic amines) is 1. The summed E-state index contributed by atoms with van der Waals surface area (Å²) in [5.41, 5.74) is 2.95. The van der Waals surface area contributed by atoms with Gasteiger partial charge in [0.05, 0.1) is 0 Å². The van der Waals surface area contributed by atoms with Gasteiger partial charge in [0.1, 0.15) is 0 Å². The Morgan fingerprint density at radius 1 is 1.22 bits per heavy atom. The molecule has 1 aliphatic carbocycles. The molecule has 1 N–H and O–H groups in total. The van der Waals surface area contributed by atoms with Crippen LogP contribution in [-0.4, -0.2) is 56.1 Å². The molecule has 2 amide bonds. The lowest BCUT2D eigenvalue weighted by Crippen LogP contribution is -2.41. The van der Waals surface area contributed by atoms with Gasteiger partial charge in [-0.1, -0.05) is 24.3 Å². The molecule has 126 valence electrons. The number of aryl methyl sites for hydroxylation is 1. The lowest BCUT2D eigenvalue weighted by Gasteiger charge is -2.26. The molecule has 1 fully saturated rings. The average Bonchev–Trinajstić information content (AvgIpc) is 3.00. The highest BCUT2D eigenvalue weighted by molar-refractivity contribution is 5.74. The van der Waals surface area contributed by atoms with Gasteiger partial charge in [0.15, 0.2) is 0 Å². The molecule has 0 bridgehead atoms. The number of nitrogens with zero attached hydrogens (tertiary/aromatic N) is 2. The van der Waals surface area contributed by atoms with Crippen LogP contribution in [0.1, 0.15) is 24.0 Å². The van der Waals surface area contributed by atoms with E-state index in [0.717, 1.165) is 45.4 Å².